The van der Waals surface area contributed by atoms with Gasteiger partial charge in [-0.3, -0.25) is 10.1 Å². The highest BCUT2D eigenvalue weighted by Gasteiger charge is 2.14. The lowest BCUT2D eigenvalue weighted by Crippen LogP contribution is -2.10. The van der Waals surface area contributed by atoms with E-state index in [0.29, 0.717) is 0 Å². The Balaban J connectivity index is 2.31. The van der Waals surface area contributed by atoms with E-state index in [-0.39, 0.29) is 10.6 Å². The first-order valence-corrected chi connectivity index (χ1v) is 6.41. The number of nitro benzene ring substituents is 1. The summed E-state index contributed by atoms with van der Waals surface area (Å²) in [6.45, 7) is 4.13. The van der Waals surface area contributed by atoms with Crippen LogP contribution in [0.15, 0.2) is 24.4 Å². The largest absolute Gasteiger partial charge is 0.377 e. The quantitative estimate of drug-likeness (QED) is 0.605. The molecule has 0 atom stereocenters. The Labute approximate surface area is 107 Å². The molecule has 18 heavy (non-hydrogen) atoms. The third kappa shape index (κ3) is 2.70. The molecule has 1 saturated heterocycles. The summed E-state index contributed by atoms with van der Waals surface area (Å²) in [4.78, 5) is 13.0. The molecule has 1 heterocycles. The van der Waals surface area contributed by atoms with Crippen LogP contribution in [0.4, 0.5) is 5.69 Å². The van der Waals surface area contributed by atoms with E-state index in [9.17, 15) is 10.1 Å². The molecule has 1 aliphatic heterocycles. The van der Waals surface area contributed by atoms with E-state index in [0.717, 1.165) is 30.6 Å². The first kappa shape index (κ1) is 12.6. The summed E-state index contributed by atoms with van der Waals surface area (Å²) in [6, 6.07) is 5.28. The SMILES string of the molecule is CCc1cccc([N+](=O)[O-])c1C=CN1CCCC1. The summed E-state index contributed by atoms with van der Waals surface area (Å²) in [5.41, 5.74) is 1.97. The van der Waals surface area contributed by atoms with Gasteiger partial charge < -0.3 is 4.90 Å². The predicted molar refractivity (Wildman–Crippen MR) is 72.3 cm³/mol. The van der Waals surface area contributed by atoms with Crippen molar-refractivity contribution in [2.75, 3.05) is 13.1 Å². The zero-order valence-corrected chi connectivity index (χ0v) is 10.6. The van der Waals surface area contributed by atoms with Gasteiger partial charge in [0.1, 0.15) is 0 Å². The molecule has 0 aliphatic carbocycles. The van der Waals surface area contributed by atoms with Crippen molar-refractivity contribution in [3.63, 3.8) is 0 Å². The number of aryl methyl sites for hydroxylation is 1. The summed E-state index contributed by atoms with van der Waals surface area (Å²) >= 11 is 0. The smallest absolute Gasteiger partial charge is 0.276 e. The van der Waals surface area contributed by atoms with Crippen molar-refractivity contribution in [3.8, 4) is 0 Å². The van der Waals surface area contributed by atoms with Gasteiger partial charge in [-0.1, -0.05) is 19.1 Å². The Morgan fingerprint density at radius 2 is 2.11 bits per heavy atom. The van der Waals surface area contributed by atoms with Crippen molar-refractivity contribution < 1.29 is 4.92 Å². The average Bonchev–Trinajstić information content (AvgIpc) is 2.88. The molecule has 2 rings (SSSR count). The molecular weight excluding hydrogens is 228 g/mol. The van der Waals surface area contributed by atoms with E-state index in [1.54, 1.807) is 12.1 Å². The van der Waals surface area contributed by atoms with Gasteiger partial charge in [0.15, 0.2) is 0 Å². The topological polar surface area (TPSA) is 46.4 Å². The first-order valence-electron chi connectivity index (χ1n) is 6.41. The van der Waals surface area contributed by atoms with E-state index in [2.05, 4.69) is 4.90 Å². The van der Waals surface area contributed by atoms with Crippen LogP contribution >= 0.6 is 0 Å². The van der Waals surface area contributed by atoms with Crippen LogP contribution in [0.1, 0.15) is 30.9 Å². The number of nitro groups is 1. The highest BCUT2D eigenvalue weighted by Crippen LogP contribution is 2.24. The van der Waals surface area contributed by atoms with Crippen LogP contribution in [0.25, 0.3) is 6.08 Å². The van der Waals surface area contributed by atoms with Gasteiger partial charge in [-0.2, -0.15) is 0 Å². The Hall–Kier alpha value is -1.84. The maximum atomic E-state index is 11.0. The zero-order valence-electron chi connectivity index (χ0n) is 10.6. The molecule has 0 saturated carbocycles. The molecule has 0 N–H and O–H groups in total. The van der Waals surface area contributed by atoms with E-state index in [1.807, 2.05) is 25.3 Å². The van der Waals surface area contributed by atoms with Crippen LogP contribution in [-0.2, 0) is 6.42 Å². The van der Waals surface area contributed by atoms with Gasteiger partial charge in [-0.25, -0.2) is 0 Å². The number of benzene rings is 1. The van der Waals surface area contributed by atoms with Crippen LogP contribution in [-0.4, -0.2) is 22.9 Å². The van der Waals surface area contributed by atoms with E-state index in [1.165, 1.54) is 12.8 Å². The number of hydrogen-bond donors (Lipinski definition) is 0. The Morgan fingerprint density at radius 3 is 2.72 bits per heavy atom. The van der Waals surface area contributed by atoms with Crippen LogP contribution in [0.3, 0.4) is 0 Å². The van der Waals surface area contributed by atoms with Crippen molar-refractivity contribution in [1.29, 1.82) is 0 Å². The molecule has 0 spiro atoms. The fraction of sp³-hybridized carbons (Fsp3) is 0.429. The van der Waals surface area contributed by atoms with Gasteiger partial charge in [0.25, 0.3) is 5.69 Å². The normalized spacial score (nSPS) is 15.5. The van der Waals surface area contributed by atoms with Gasteiger partial charge in [0, 0.05) is 19.2 Å². The molecule has 0 amide bonds. The summed E-state index contributed by atoms with van der Waals surface area (Å²) < 4.78 is 0. The van der Waals surface area contributed by atoms with Crippen molar-refractivity contribution in [3.05, 3.63) is 45.6 Å². The third-order valence-corrected chi connectivity index (χ3v) is 3.34. The van der Waals surface area contributed by atoms with Gasteiger partial charge >= 0.3 is 0 Å². The van der Waals surface area contributed by atoms with Crippen LogP contribution < -0.4 is 0 Å². The minimum absolute atomic E-state index is 0.199. The zero-order chi connectivity index (χ0) is 13.0. The highest BCUT2D eigenvalue weighted by atomic mass is 16.6. The molecule has 4 heteroatoms. The molecule has 1 aromatic rings. The average molecular weight is 246 g/mol. The van der Waals surface area contributed by atoms with E-state index in [4.69, 9.17) is 0 Å². The van der Waals surface area contributed by atoms with E-state index < -0.39 is 0 Å². The minimum atomic E-state index is -0.303. The Kier molecular flexibility index (Phi) is 3.97. The molecule has 4 nitrogen and oxygen atoms in total. The lowest BCUT2D eigenvalue weighted by atomic mass is 10.0. The van der Waals surface area contributed by atoms with Gasteiger partial charge in [-0.05, 0) is 37.1 Å². The van der Waals surface area contributed by atoms with Crippen molar-refractivity contribution in [2.45, 2.75) is 26.2 Å². The molecule has 0 unspecified atom stereocenters. The lowest BCUT2D eigenvalue weighted by molar-refractivity contribution is -0.385. The van der Waals surface area contributed by atoms with Gasteiger partial charge in [0.05, 0.1) is 10.5 Å². The second-order valence-electron chi connectivity index (χ2n) is 4.52. The lowest BCUT2D eigenvalue weighted by Gasteiger charge is -2.11. The second-order valence-corrected chi connectivity index (χ2v) is 4.52. The number of rotatable bonds is 4. The maximum Gasteiger partial charge on any atom is 0.276 e. The fourth-order valence-corrected chi connectivity index (χ4v) is 2.33. The third-order valence-electron chi connectivity index (χ3n) is 3.34. The summed E-state index contributed by atoms with van der Waals surface area (Å²) in [6.07, 6.45) is 7.11. The van der Waals surface area contributed by atoms with Gasteiger partial charge in [-0.15, -0.1) is 0 Å². The van der Waals surface area contributed by atoms with E-state index >= 15 is 0 Å². The van der Waals surface area contributed by atoms with Crippen LogP contribution in [0, 0.1) is 10.1 Å². The molecular formula is C14H18N2O2. The van der Waals surface area contributed by atoms with Crippen LogP contribution in [0.5, 0.6) is 0 Å². The molecule has 1 aliphatic rings. The number of likely N-dealkylation sites (tertiary alicyclic amines) is 1. The summed E-state index contributed by atoms with van der Waals surface area (Å²) in [5, 5.41) is 11.0. The summed E-state index contributed by atoms with van der Waals surface area (Å²) in [5.74, 6) is 0. The molecule has 0 aromatic heterocycles. The van der Waals surface area contributed by atoms with Crippen molar-refractivity contribution in [2.24, 2.45) is 0 Å². The molecule has 0 bridgehead atoms. The maximum absolute atomic E-state index is 11.0. The second kappa shape index (κ2) is 5.67. The Morgan fingerprint density at radius 1 is 1.39 bits per heavy atom. The first-order chi connectivity index (χ1) is 8.72. The summed E-state index contributed by atoms with van der Waals surface area (Å²) in [7, 11) is 0. The molecule has 96 valence electrons. The standard InChI is InChI=1S/C14H18N2O2/c1-2-12-6-5-7-14(16(17)18)13(12)8-11-15-9-3-4-10-15/h5-8,11H,2-4,9-10H2,1H3. The highest BCUT2D eigenvalue weighted by molar-refractivity contribution is 5.64. The van der Waals surface area contributed by atoms with Crippen molar-refractivity contribution in [1.82, 2.24) is 4.90 Å². The molecule has 0 radical (unpaired) electrons. The number of hydrogen-bond acceptors (Lipinski definition) is 3. The number of nitrogens with zero attached hydrogens (tertiary/aromatic N) is 2. The fourth-order valence-electron chi connectivity index (χ4n) is 2.33. The molecule has 1 aromatic carbocycles. The van der Waals surface area contributed by atoms with Crippen molar-refractivity contribution >= 4 is 11.8 Å². The Bertz CT molecular complexity index is 463. The van der Waals surface area contributed by atoms with Gasteiger partial charge in [0.2, 0.25) is 0 Å². The minimum Gasteiger partial charge on any atom is -0.377 e. The predicted octanol–water partition coefficient (Wildman–Crippen LogP) is 3.22. The monoisotopic (exact) mass is 246 g/mol. The van der Waals surface area contributed by atoms with Crippen LogP contribution in [0.2, 0.25) is 0 Å². The molecule has 1 fully saturated rings.